The van der Waals surface area contributed by atoms with Gasteiger partial charge in [0.25, 0.3) is 0 Å². The van der Waals surface area contributed by atoms with Gasteiger partial charge in [-0.2, -0.15) is 0 Å². The van der Waals surface area contributed by atoms with Gasteiger partial charge in [0.1, 0.15) is 9.84 Å². The minimum atomic E-state index is -2.99. The van der Waals surface area contributed by atoms with E-state index < -0.39 is 9.84 Å². The van der Waals surface area contributed by atoms with Gasteiger partial charge in [-0.05, 0) is 12.1 Å². The van der Waals surface area contributed by atoms with Gasteiger partial charge in [-0.3, -0.25) is 0 Å². The molecule has 1 aromatic heterocycles. The Morgan fingerprint density at radius 2 is 2.06 bits per heavy atom. The number of aromatic nitrogens is 2. The molecule has 0 radical (unpaired) electrons. The van der Waals surface area contributed by atoms with E-state index in [1.807, 2.05) is 24.3 Å². The van der Waals surface area contributed by atoms with Gasteiger partial charge < -0.3 is 10.3 Å². The number of hydrogen-bond acceptors (Lipinski definition) is 4. The van der Waals surface area contributed by atoms with E-state index in [0.717, 1.165) is 11.0 Å². The number of nitrogen functional groups attached to an aromatic ring is 1. The Morgan fingerprint density at radius 3 is 2.75 bits per heavy atom. The molecule has 0 aliphatic carbocycles. The van der Waals surface area contributed by atoms with Crippen LogP contribution in [0.3, 0.4) is 0 Å². The summed E-state index contributed by atoms with van der Waals surface area (Å²) in [7, 11) is -2.99. The first-order valence-corrected chi connectivity index (χ1v) is 6.92. The Labute approximate surface area is 93.8 Å². The zero-order valence-corrected chi connectivity index (χ0v) is 9.74. The molecule has 0 fully saturated rings. The molecule has 6 heteroatoms. The van der Waals surface area contributed by atoms with E-state index in [4.69, 9.17) is 5.73 Å². The number of nitrogens with two attached hydrogens (primary N) is 1. The first-order chi connectivity index (χ1) is 7.47. The number of benzene rings is 1. The maximum absolute atomic E-state index is 11.1. The highest BCUT2D eigenvalue weighted by Crippen LogP contribution is 2.17. The van der Waals surface area contributed by atoms with Crippen LogP contribution in [0.2, 0.25) is 0 Å². The summed E-state index contributed by atoms with van der Waals surface area (Å²) in [5.41, 5.74) is 7.39. The van der Waals surface area contributed by atoms with Crippen molar-refractivity contribution in [2.75, 3.05) is 17.7 Å². The van der Waals surface area contributed by atoms with Crippen LogP contribution in [0.5, 0.6) is 0 Å². The number of sulfone groups is 1. The Hall–Kier alpha value is -1.56. The van der Waals surface area contributed by atoms with Crippen molar-refractivity contribution in [3.8, 4) is 0 Å². The van der Waals surface area contributed by atoms with E-state index in [0.29, 0.717) is 12.5 Å². The zero-order valence-electron chi connectivity index (χ0n) is 8.92. The molecule has 0 saturated carbocycles. The van der Waals surface area contributed by atoms with E-state index in [-0.39, 0.29) is 5.75 Å². The van der Waals surface area contributed by atoms with Crippen molar-refractivity contribution in [2.45, 2.75) is 6.54 Å². The van der Waals surface area contributed by atoms with Gasteiger partial charge in [-0.15, -0.1) is 0 Å². The maximum atomic E-state index is 11.1. The average Bonchev–Trinajstić information content (AvgIpc) is 2.49. The fourth-order valence-corrected chi connectivity index (χ4v) is 2.10. The van der Waals surface area contributed by atoms with Crippen molar-refractivity contribution in [3.05, 3.63) is 24.3 Å². The predicted molar refractivity (Wildman–Crippen MR) is 63.9 cm³/mol. The Kier molecular flexibility index (Phi) is 2.59. The molecule has 2 N–H and O–H groups in total. The summed E-state index contributed by atoms with van der Waals surface area (Å²) in [4.78, 5) is 4.16. The number of imidazole rings is 1. The summed E-state index contributed by atoms with van der Waals surface area (Å²) >= 11 is 0. The molecule has 5 nitrogen and oxygen atoms in total. The van der Waals surface area contributed by atoms with E-state index in [9.17, 15) is 8.42 Å². The number of anilines is 1. The Balaban J connectivity index is 2.40. The van der Waals surface area contributed by atoms with Gasteiger partial charge in [0.2, 0.25) is 5.95 Å². The van der Waals surface area contributed by atoms with Crippen molar-refractivity contribution in [1.82, 2.24) is 9.55 Å². The van der Waals surface area contributed by atoms with Gasteiger partial charge in [-0.1, -0.05) is 12.1 Å². The SMILES string of the molecule is CS(=O)(=O)CCn1c(N)nc2ccccc21. The van der Waals surface area contributed by atoms with Gasteiger partial charge in [-0.25, -0.2) is 13.4 Å². The normalized spacial score (nSPS) is 12.1. The molecule has 0 aliphatic heterocycles. The summed E-state index contributed by atoms with van der Waals surface area (Å²) < 4.78 is 23.9. The monoisotopic (exact) mass is 239 g/mol. The smallest absolute Gasteiger partial charge is 0.201 e. The molecule has 0 unspecified atom stereocenters. The van der Waals surface area contributed by atoms with Crippen LogP contribution in [0.25, 0.3) is 11.0 Å². The second-order valence-electron chi connectivity index (χ2n) is 3.74. The quantitative estimate of drug-likeness (QED) is 0.853. The Bertz CT molecular complexity index is 616. The van der Waals surface area contributed by atoms with Crippen molar-refractivity contribution in [3.63, 3.8) is 0 Å². The van der Waals surface area contributed by atoms with Crippen LogP contribution in [0.1, 0.15) is 0 Å². The third kappa shape index (κ3) is 2.16. The summed E-state index contributed by atoms with van der Waals surface area (Å²) in [6, 6.07) is 7.47. The lowest BCUT2D eigenvalue weighted by Crippen LogP contribution is -2.12. The van der Waals surface area contributed by atoms with Crippen LogP contribution in [0, 0.1) is 0 Å². The molecule has 1 aromatic carbocycles. The fourth-order valence-electron chi connectivity index (χ4n) is 1.59. The molecule has 0 atom stereocenters. The fraction of sp³-hybridized carbons (Fsp3) is 0.300. The first-order valence-electron chi connectivity index (χ1n) is 4.86. The maximum Gasteiger partial charge on any atom is 0.201 e. The third-order valence-electron chi connectivity index (χ3n) is 2.37. The number of hydrogen-bond donors (Lipinski definition) is 1. The Morgan fingerprint density at radius 1 is 1.38 bits per heavy atom. The molecule has 2 aromatic rings. The molecule has 0 saturated heterocycles. The average molecular weight is 239 g/mol. The molecule has 86 valence electrons. The number of rotatable bonds is 3. The number of para-hydroxylation sites is 2. The van der Waals surface area contributed by atoms with Crippen LogP contribution in [0.15, 0.2) is 24.3 Å². The zero-order chi connectivity index (χ0) is 11.8. The van der Waals surface area contributed by atoms with E-state index >= 15 is 0 Å². The summed E-state index contributed by atoms with van der Waals surface area (Å²) in [6.45, 7) is 0.338. The number of nitrogens with zero attached hydrogens (tertiary/aromatic N) is 2. The molecule has 0 spiro atoms. The molecule has 16 heavy (non-hydrogen) atoms. The highest BCUT2D eigenvalue weighted by Gasteiger charge is 2.09. The number of aryl methyl sites for hydroxylation is 1. The van der Waals surface area contributed by atoms with Crippen LogP contribution in [-0.2, 0) is 16.4 Å². The molecular formula is C10H13N3O2S. The van der Waals surface area contributed by atoms with Gasteiger partial charge in [0.05, 0.1) is 16.8 Å². The molecule has 0 amide bonds. The molecule has 0 bridgehead atoms. The number of fused-ring (bicyclic) bond motifs is 1. The summed E-state index contributed by atoms with van der Waals surface area (Å²) in [5.74, 6) is 0.419. The van der Waals surface area contributed by atoms with Crippen LogP contribution < -0.4 is 5.73 Å². The molecule has 0 aliphatic rings. The second kappa shape index (κ2) is 3.79. The van der Waals surface area contributed by atoms with E-state index in [1.54, 1.807) is 4.57 Å². The molecule has 2 rings (SSSR count). The van der Waals surface area contributed by atoms with Crippen molar-refractivity contribution in [1.29, 1.82) is 0 Å². The highest BCUT2D eigenvalue weighted by molar-refractivity contribution is 7.90. The van der Waals surface area contributed by atoms with Crippen molar-refractivity contribution < 1.29 is 8.42 Å². The highest BCUT2D eigenvalue weighted by atomic mass is 32.2. The standard InChI is InChI=1S/C10H13N3O2S/c1-16(14,15)7-6-13-9-5-3-2-4-8(9)12-10(13)11/h2-5H,6-7H2,1H3,(H2,11,12). The van der Waals surface area contributed by atoms with Crippen molar-refractivity contribution in [2.24, 2.45) is 0 Å². The van der Waals surface area contributed by atoms with Crippen LogP contribution in [-0.4, -0.2) is 30.0 Å². The third-order valence-corrected chi connectivity index (χ3v) is 3.29. The molecule has 1 heterocycles. The van der Waals surface area contributed by atoms with E-state index in [2.05, 4.69) is 4.98 Å². The summed E-state index contributed by atoms with van der Waals surface area (Å²) in [5, 5.41) is 0. The van der Waals surface area contributed by atoms with Gasteiger partial charge >= 0.3 is 0 Å². The largest absolute Gasteiger partial charge is 0.369 e. The topological polar surface area (TPSA) is 78.0 Å². The lowest BCUT2D eigenvalue weighted by atomic mass is 10.3. The van der Waals surface area contributed by atoms with Crippen LogP contribution >= 0.6 is 0 Å². The molecular weight excluding hydrogens is 226 g/mol. The minimum absolute atomic E-state index is 0.0670. The van der Waals surface area contributed by atoms with Gasteiger partial charge in [0, 0.05) is 12.8 Å². The van der Waals surface area contributed by atoms with E-state index in [1.165, 1.54) is 6.26 Å². The summed E-state index contributed by atoms with van der Waals surface area (Å²) in [6.07, 6.45) is 1.21. The van der Waals surface area contributed by atoms with Crippen LogP contribution in [0.4, 0.5) is 5.95 Å². The lowest BCUT2D eigenvalue weighted by Gasteiger charge is -2.04. The van der Waals surface area contributed by atoms with Crippen molar-refractivity contribution >= 4 is 26.8 Å². The lowest BCUT2D eigenvalue weighted by molar-refractivity contribution is 0.596. The second-order valence-corrected chi connectivity index (χ2v) is 6.00. The predicted octanol–water partition coefficient (Wildman–Crippen LogP) is 0.663. The van der Waals surface area contributed by atoms with Gasteiger partial charge in [0.15, 0.2) is 0 Å². The first kappa shape index (κ1) is 10.9. The minimum Gasteiger partial charge on any atom is -0.369 e.